The smallest absolute Gasteiger partial charge is 0.328 e. The molecule has 1 amide bonds. The Labute approximate surface area is 155 Å². The number of rotatable bonds is 7. The van der Waals surface area contributed by atoms with Gasteiger partial charge < -0.3 is 19.5 Å². The standard InChI is InChI=1S/C17H20ClNO5S/c1-22-17(21)13(5-8-25-2)19-15(20)4-3-11-9-12(18)16-14(10-11)23-6-7-24-16/h3-4,9-10,13H,5-8H2,1-2H3,(H,19,20)/b4-3+/t13-/m0/s1. The number of thioether (sulfide) groups is 1. The minimum atomic E-state index is -0.668. The highest BCUT2D eigenvalue weighted by molar-refractivity contribution is 7.98. The molecule has 0 fully saturated rings. The molecule has 1 N–H and O–H groups in total. The summed E-state index contributed by atoms with van der Waals surface area (Å²) in [6.45, 7) is 0.905. The Morgan fingerprint density at radius 2 is 2.16 bits per heavy atom. The van der Waals surface area contributed by atoms with Crippen molar-refractivity contribution in [3.05, 3.63) is 28.8 Å². The van der Waals surface area contributed by atoms with Crippen LogP contribution in [0.15, 0.2) is 18.2 Å². The number of nitrogens with one attached hydrogen (secondary N) is 1. The van der Waals surface area contributed by atoms with Crippen LogP contribution in [-0.2, 0) is 14.3 Å². The zero-order chi connectivity index (χ0) is 18.2. The molecule has 0 aromatic heterocycles. The Bertz CT molecular complexity index is 665. The van der Waals surface area contributed by atoms with Crippen LogP contribution in [0.25, 0.3) is 6.08 Å². The summed E-state index contributed by atoms with van der Waals surface area (Å²) in [5, 5.41) is 3.07. The van der Waals surface area contributed by atoms with Crippen molar-refractivity contribution in [2.24, 2.45) is 0 Å². The second kappa shape index (κ2) is 9.58. The van der Waals surface area contributed by atoms with Crippen molar-refractivity contribution in [3.63, 3.8) is 0 Å². The molecule has 1 aliphatic rings. The molecule has 0 saturated carbocycles. The summed E-state index contributed by atoms with van der Waals surface area (Å²) in [7, 11) is 1.30. The van der Waals surface area contributed by atoms with Crippen LogP contribution in [0.2, 0.25) is 5.02 Å². The lowest BCUT2D eigenvalue weighted by Crippen LogP contribution is -2.41. The molecule has 1 aliphatic heterocycles. The first kappa shape index (κ1) is 19.5. The van der Waals surface area contributed by atoms with Crippen LogP contribution in [0.3, 0.4) is 0 Å². The lowest BCUT2D eigenvalue weighted by Gasteiger charge is -2.19. The molecule has 1 atom stereocenters. The summed E-state index contributed by atoms with van der Waals surface area (Å²) in [6, 6.07) is 2.76. The average molecular weight is 386 g/mol. The first-order valence-electron chi connectivity index (χ1n) is 7.69. The molecule has 0 bridgehead atoms. The van der Waals surface area contributed by atoms with Gasteiger partial charge >= 0.3 is 5.97 Å². The third-order valence-electron chi connectivity index (χ3n) is 3.46. The summed E-state index contributed by atoms with van der Waals surface area (Å²) >= 11 is 7.75. The van der Waals surface area contributed by atoms with Crippen LogP contribution in [0.1, 0.15) is 12.0 Å². The highest BCUT2D eigenvalue weighted by Crippen LogP contribution is 2.38. The van der Waals surface area contributed by atoms with Gasteiger partial charge in [-0.25, -0.2) is 4.79 Å². The molecule has 136 valence electrons. The van der Waals surface area contributed by atoms with Gasteiger partial charge in [0, 0.05) is 6.08 Å². The van der Waals surface area contributed by atoms with E-state index in [1.165, 1.54) is 13.2 Å². The van der Waals surface area contributed by atoms with E-state index >= 15 is 0 Å². The van der Waals surface area contributed by atoms with E-state index in [0.717, 1.165) is 5.75 Å². The second-order valence-electron chi connectivity index (χ2n) is 5.23. The van der Waals surface area contributed by atoms with Crippen LogP contribution >= 0.6 is 23.4 Å². The zero-order valence-corrected chi connectivity index (χ0v) is 15.6. The number of halogens is 1. The van der Waals surface area contributed by atoms with E-state index in [0.29, 0.717) is 41.7 Å². The van der Waals surface area contributed by atoms with Crippen molar-refractivity contribution < 1.29 is 23.8 Å². The van der Waals surface area contributed by atoms with Gasteiger partial charge in [-0.2, -0.15) is 11.8 Å². The highest BCUT2D eigenvalue weighted by Gasteiger charge is 2.20. The molecule has 0 unspecified atom stereocenters. The molecule has 0 radical (unpaired) electrons. The SMILES string of the molecule is COC(=O)[C@H](CCSC)NC(=O)/C=C/c1cc(Cl)c2c(c1)OCCO2. The number of hydrogen-bond acceptors (Lipinski definition) is 6. The van der Waals surface area contributed by atoms with Gasteiger partial charge in [0.1, 0.15) is 19.3 Å². The zero-order valence-electron chi connectivity index (χ0n) is 14.0. The van der Waals surface area contributed by atoms with E-state index in [9.17, 15) is 9.59 Å². The monoisotopic (exact) mass is 385 g/mol. The number of esters is 1. The number of ether oxygens (including phenoxy) is 3. The fourth-order valence-corrected chi connectivity index (χ4v) is 2.99. The quantitative estimate of drug-likeness (QED) is 0.574. The maximum absolute atomic E-state index is 12.1. The highest BCUT2D eigenvalue weighted by atomic mass is 35.5. The van der Waals surface area contributed by atoms with Crippen molar-refractivity contribution in [3.8, 4) is 11.5 Å². The largest absolute Gasteiger partial charge is 0.486 e. The third kappa shape index (κ3) is 5.57. The fourth-order valence-electron chi connectivity index (χ4n) is 2.25. The normalized spacial score (nSPS) is 14.2. The second-order valence-corrected chi connectivity index (χ2v) is 6.62. The van der Waals surface area contributed by atoms with Gasteiger partial charge in [0.05, 0.1) is 12.1 Å². The molecular weight excluding hydrogens is 366 g/mol. The van der Waals surface area contributed by atoms with Crippen LogP contribution in [-0.4, -0.2) is 50.3 Å². The van der Waals surface area contributed by atoms with Crippen molar-refractivity contribution in [2.75, 3.05) is 32.3 Å². The summed E-state index contributed by atoms with van der Waals surface area (Å²) in [4.78, 5) is 23.8. The van der Waals surface area contributed by atoms with Gasteiger partial charge in [0.15, 0.2) is 11.5 Å². The van der Waals surface area contributed by atoms with Gasteiger partial charge in [-0.1, -0.05) is 11.6 Å². The van der Waals surface area contributed by atoms with E-state index < -0.39 is 12.0 Å². The molecule has 0 spiro atoms. The Hall–Kier alpha value is -1.86. The topological polar surface area (TPSA) is 73.9 Å². The fraction of sp³-hybridized carbons (Fsp3) is 0.412. The number of amides is 1. The number of benzene rings is 1. The predicted octanol–water partition coefficient (Wildman–Crippen LogP) is 2.54. The van der Waals surface area contributed by atoms with E-state index in [1.54, 1.807) is 30.0 Å². The number of fused-ring (bicyclic) bond motifs is 1. The van der Waals surface area contributed by atoms with E-state index in [-0.39, 0.29) is 5.91 Å². The molecule has 1 aromatic carbocycles. The van der Waals surface area contributed by atoms with Crippen LogP contribution in [0, 0.1) is 0 Å². The Balaban J connectivity index is 2.03. The number of carbonyl (C=O) groups is 2. The van der Waals surface area contributed by atoms with Crippen molar-refractivity contribution in [2.45, 2.75) is 12.5 Å². The molecule has 2 rings (SSSR count). The van der Waals surface area contributed by atoms with Gasteiger partial charge in [0.25, 0.3) is 0 Å². The first-order chi connectivity index (χ1) is 12.0. The van der Waals surface area contributed by atoms with Crippen molar-refractivity contribution in [1.29, 1.82) is 0 Å². The van der Waals surface area contributed by atoms with Crippen LogP contribution < -0.4 is 14.8 Å². The van der Waals surface area contributed by atoms with Gasteiger partial charge in [0.2, 0.25) is 5.91 Å². The number of methoxy groups -OCH3 is 1. The molecule has 8 heteroatoms. The summed E-state index contributed by atoms with van der Waals surface area (Å²) in [5.74, 6) is 0.950. The average Bonchev–Trinajstić information content (AvgIpc) is 2.62. The van der Waals surface area contributed by atoms with E-state index in [1.807, 2.05) is 6.26 Å². The molecule has 1 heterocycles. The molecule has 0 saturated heterocycles. The van der Waals surface area contributed by atoms with Crippen LogP contribution in [0.4, 0.5) is 0 Å². The number of carbonyl (C=O) groups excluding carboxylic acids is 2. The Kier molecular flexibility index (Phi) is 7.46. The summed E-state index contributed by atoms with van der Waals surface area (Å²) < 4.78 is 15.7. The lowest BCUT2D eigenvalue weighted by atomic mass is 10.1. The van der Waals surface area contributed by atoms with Crippen LogP contribution in [0.5, 0.6) is 11.5 Å². The molecule has 0 aliphatic carbocycles. The lowest BCUT2D eigenvalue weighted by molar-refractivity contribution is -0.144. The maximum Gasteiger partial charge on any atom is 0.328 e. The molecule has 25 heavy (non-hydrogen) atoms. The molecule has 1 aromatic rings. The van der Waals surface area contributed by atoms with Crippen molar-refractivity contribution in [1.82, 2.24) is 5.32 Å². The summed E-state index contributed by atoms with van der Waals surface area (Å²) in [5.41, 5.74) is 0.697. The minimum absolute atomic E-state index is 0.387. The van der Waals surface area contributed by atoms with E-state index in [2.05, 4.69) is 5.32 Å². The summed E-state index contributed by atoms with van der Waals surface area (Å²) in [6.07, 6.45) is 5.38. The van der Waals surface area contributed by atoms with Crippen molar-refractivity contribution >= 4 is 41.3 Å². The number of hydrogen-bond donors (Lipinski definition) is 1. The first-order valence-corrected chi connectivity index (χ1v) is 9.46. The van der Waals surface area contributed by atoms with Gasteiger partial charge in [-0.3, -0.25) is 4.79 Å². The Morgan fingerprint density at radius 3 is 2.88 bits per heavy atom. The Morgan fingerprint density at radius 1 is 1.40 bits per heavy atom. The van der Waals surface area contributed by atoms with Gasteiger partial charge in [-0.05, 0) is 42.2 Å². The molecular formula is C17H20ClNO5S. The minimum Gasteiger partial charge on any atom is -0.486 e. The maximum atomic E-state index is 12.1. The molecule has 6 nitrogen and oxygen atoms in total. The van der Waals surface area contributed by atoms with Gasteiger partial charge in [-0.15, -0.1) is 0 Å². The predicted molar refractivity (Wildman–Crippen MR) is 98.4 cm³/mol. The third-order valence-corrected chi connectivity index (χ3v) is 4.38. The van der Waals surface area contributed by atoms with E-state index in [4.69, 9.17) is 25.8 Å².